The van der Waals surface area contributed by atoms with Crippen molar-refractivity contribution in [3.05, 3.63) is 35.9 Å². The van der Waals surface area contributed by atoms with Crippen LogP contribution in [-0.4, -0.2) is 27.6 Å². The van der Waals surface area contributed by atoms with Crippen LogP contribution in [0.5, 0.6) is 0 Å². The van der Waals surface area contributed by atoms with Crippen molar-refractivity contribution in [1.82, 2.24) is 0 Å². The minimum Gasteiger partial charge on any atom is -0.384 e. The quantitative estimate of drug-likeness (QED) is 0.656. The Morgan fingerprint density at radius 3 is 2.00 bits per heavy atom. The van der Waals surface area contributed by atoms with Gasteiger partial charge in [-0.05, 0) is 5.56 Å². The summed E-state index contributed by atoms with van der Waals surface area (Å²) in [5.74, 6) is -0.947. The molecule has 4 nitrogen and oxygen atoms in total. The standard InChI is InChI=1S/C10H11Cl3O4S/c11-10(12,13)6-9(14,7-18(15,16)17)8-4-2-1-3-5-8/h1-5,14H,6-7H2,(H,15,16,17). The largest absolute Gasteiger partial charge is 0.384 e. The molecule has 0 aliphatic rings. The number of aliphatic hydroxyl groups is 1. The first kappa shape index (κ1) is 16.0. The molecule has 0 saturated carbocycles. The van der Waals surface area contributed by atoms with Crippen LogP contribution in [0.2, 0.25) is 0 Å². The van der Waals surface area contributed by atoms with Gasteiger partial charge in [-0.25, -0.2) is 0 Å². The predicted molar refractivity (Wildman–Crippen MR) is 71.7 cm³/mol. The summed E-state index contributed by atoms with van der Waals surface area (Å²) in [5, 5.41) is 10.4. The molecule has 0 fully saturated rings. The van der Waals surface area contributed by atoms with E-state index in [4.69, 9.17) is 39.4 Å². The Morgan fingerprint density at radius 2 is 1.61 bits per heavy atom. The third kappa shape index (κ3) is 5.30. The monoisotopic (exact) mass is 332 g/mol. The van der Waals surface area contributed by atoms with Gasteiger partial charge >= 0.3 is 0 Å². The Labute approximate surface area is 120 Å². The van der Waals surface area contributed by atoms with E-state index >= 15 is 0 Å². The van der Waals surface area contributed by atoms with E-state index in [0.29, 0.717) is 0 Å². The fourth-order valence-corrected chi connectivity index (χ4v) is 3.15. The maximum atomic E-state index is 11.0. The summed E-state index contributed by atoms with van der Waals surface area (Å²) in [6.45, 7) is 0. The second kappa shape index (κ2) is 5.53. The molecule has 1 rings (SSSR count). The van der Waals surface area contributed by atoms with E-state index in [1.807, 2.05) is 0 Å². The summed E-state index contributed by atoms with van der Waals surface area (Å²) in [6.07, 6.45) is -0.464. The lowest BCUT2D eigenvalue weighted by Crippen LogP contribution is -2.38. The third-order valence-corrected chi connectivity index (χ3v) is 3.47. The summed E-state index contributed by atoms with van der Waals surface area (Å²) in [4.78, 5) is 0. The molecule has 0 bridgehead atoms. The normalized spacial score (nSPS) is 16.3. The van der Waals surface area contributed by atoms with E-state index in [1.165, 1.54) is 12.1 Å². The number of rotatable bonds is 4. The fraction of sp³-hybridized carbons (Fsp3) is 0.400. The molecule has 1 aromatic carbocycles. The van der Waals surface area contributed by atoms with Gasteiger partial charge in [0.2, 0.25) is 0 Å². The van der Waals surface area contributed by atoms with E-state index in [0.717, 1.165) is 0 Å². The maximum Gasteiger partial charge on any atom is 0.268 e. The Hall–Kier alpha value is -0.0400. The number of alkyl halides is 3. The van der Waals surface area contributed by atoms with Gasteiger partial charge in [0.1, 0.15) is 11.4 Å². The smallest absolute Gasteiger partial charge is 0.268 e. The van der Waals surface area contributed by atoms with Crippen molar-refractivity contribution in [2.45, 2.75) is 15.8 Å². The first-order valence-electron chi connectivity index (χ1n) is 4.82. The zero-order valence-electron chi connectivity index (χ0n) is 9.05. The average Bonchev–Trinajstić information content (AvgIpc) is 2.13. The van der Waals surface area contributed by atoms with E-state index < -0.39 is 31.7 Å². The summed E-state index contributed by atoms with van der Waals surface area (Å²) in [6, 6.07) is 7.86. The predicted octanol–water partition coefficient (Wildman–Crippen LogP) is 2.52. The number of halogens is 3. The van der Waals surface area contributed by atoms with Crippen LogP contribution in [0.1, 0.15) is 12.0 Å². The molecule has 0 saturated heterocycles. The average molecular weight is 334 g/mol. The van der Waals surface area contributed by atoms with Gasteiger partial charge in [0.25, 0.3) is 10.1 Å². The summed E-state index contributed by atoms with van der Waals surface area (Å²) < 4.78 is 29.0. The van der Waals surface area contributed by atoms with Gasteiger partial charge in [0.05, 0.1) is 0 Å². The molecule has 0 aromatic heterocycles. The molecular formula is C10H11Cl3O4S. The summed E-state index contributed by atoms with van der Waals surface area (Å²) in [5.41, 5.74) is -1.73. The zero-order chi connectivity index (χ0) is 14.0. The Bertz CT molecular complexity index is 498. The van der Waals surface area contributed by atoms with E-state index in [9.17, 15) is 13.5 Å². The minimum atomic E-state index is -4.43. The zero-order valence-corrected chi connectivity index (χ0v) is 12.1. The van der Waals surface area contributed by atoms with Gasteiger partial charge in [-0.1, -0.05) is 65.1 Å². The van der Waals surface area contributed by atoms with Crippen LogP contribution in [0.15, 0.2) is 30.3 Å². The summed E-state index contributed by atoms with van der Waals surface area (Å²) >= 11 is 16.8. The lowest BCUT2D eigenvalue weighted by atomic mass is 9.93. The lowest BCUT2D eigenvalue weighted by molar-refractivity contribution is 0.0510. The number of benzene rings is 1. The van der Waals surface area contributed by atoms with Crippen molar-refractivity contribution in [3.63, 3.8) is 0 Å². The molecule has 8 heteroatoms. The molecule has 18 heavy (non-hydrogen) atoms. The number of hydrogen-bond acceptors (Lipinski definition) is 3. The van der Waals surface area contributed by atoms with Crippen LogP contribution in [0.4, 0.5) is 0 Å². The maximum absolute atomic E-state index is 11.0. The second-order valence-electron chi connectivity index (χ2n) is 3.92. The van der Waals surface area contributed by atoms with E-state index in [2.05, 4.69) is 0 Å². The minimum absolute atomic E-state index is 0.244. The van der Waals surface area contributed by atoms with Gasteiger partial charge in [0, 0.05) is 6.42 Å². The topological polar surface area (TPSA) is 74.6 Å². The van der Waals surface area contributed by atoms with Crippen LogP contribution >= 0.6 is 34.8 Å². The van der Waals surface area contributed by atoms with Crippen LogP contribution in [0, 0.1) is 0 Å². The van der Waals surface area contributed by atoms with E-state index in [-0.39, 0.29) is 5.56 Å². The first-order valence-corrected chi connectivity index (χ1v) is 7.56. The first-order chi connectivity index (χ1) is 8.02. The molecule has 0 aliphatic heterocycles. The summed E-state index contributed by atoms with van der Waals surface area (Å²) in [7, 11) is -4.43. The second-order valence-corrected chi connectivity index (χ2v) is 7.88. The van der Waals surface area contributed by atoms with Crippen molar-refractivity contribution in [3.8, 4) is 0 Å². The Kier molecular flexibility index (Phi) is 4.92. The number of hydrogen-bond donors (Lipinski definition) is 2. The van der Waals surface area contributed by atoms with Crippen molar-refractivity contribution in [2.24, 2.45) is 0 Å². The highest BCUT2D eigenvalue weighted by atomic mass is 35.6. The molecular weight excluding hydrogens is 323 g/mol. The Balaban J connectivity index is 3.18. The van der Waals surface area contributed by atoms with Crippen LogP contribution < -0.4 is 0 Å². The third-order valence-electron chi connectivity index (χ3n) is 2.23. The van der Waals surface area contributed by atoms with Crippen molar-refractivity contribution in [2.75, 3.05) is 5.75 Å². The molecule has 1 unspecified atom stereocenters. The molecule has 0 radical (unpaired) electrons. The van der Waals surface area contributed by atoms with Gasteiger partial charge < -0.3 is 5.11 Å². The molecule has 1 aromatic rings. The molecule has 0 amide bonds. The molecule has 1 atom stereocenters. The fourth-order valence-electron chi connectivity index (χ4n) is 1.62. The van der Waals surface area contributed by atoms with Crippen LogP contribution in [-0.2, 0) is 15.7 Å². The highest BCUT2D eigenvalue weighted by Gasteiger charge is 2.41. The van der Waals surface area contributed by atoms with Crippen molar-refractivity contribution < 1.29 is 18.1 Å². The van der Waals surface area contributed by atoms with Gasteiger partial charge in [-0.3, -0.25) is 4.55 Å². The highest BCUT2D eigenvalue weighted by molar-refractivity contribution is 7.85. The van der Waals surface area contributed by atoms with Crippen molar-refractivity contribution in [1.29, 1.82) is 0 Å². The van der Waals surface area contributed by atoms with Crippen molar-refractivity contribution >= 4 is 44.9 Å². The van der Waals surface area contributed by atoms with E-state index in [1.54, 1.807) is 18.2 Å². The van der Waals surface area contributed by atoms with Gasteiger partial charge in [0.15, 0.2) is 3.79 Å². The molecule has 102 valence electrons. The lowest BCUT2D eigenvalue weighted by Gasteiger charge is -2.30. The molecule has 0 spiro atoms. The SMILES string of the molecule is O=S(=O)(O)CC(O)(CC(Cl)(Cl)Cl)c1ccccc1. The van der Waals surface area contributed by atoms with Gasteiger partial charge in [-0.15, -0.1) is 0 Å². The molecule has 0 aliphatic carbocycles. The highest BCUT2D eigenvalue weighted by Crippen LogP contribution is 2.40. The molecule has 0 heterocycles. The van der Waals surface area contributed by atoms with Crippen LogP contribution in [0.3, 0.4) is 0 Å². The van der Waals surface area contributed by atoms with Crippen LogP contribution in [0.25, 0.3) is 0 Å². The van der Waals surface area contributed by atoms with Gasteiger partial charge in [-0.2, -0.15) is 8.42 Å². The molecule has 2 N–H and O–H groups in total. The Morgan fingerprint density at radius 1 is 1.11 bits per heavy atom.